The van der Waals surface area contributed by atoms with Gasteiger partial charge >= 0.3 is 0 Å². The maximum Gasteiger partial charge on any atom is 0.255 e. The molecule has 4 aromatic carbocycles. The number of carbonyl (C=O) groups excluding carboxylic acids is 2. The van der Waals surface area contributed by atoms with Crippen LogP contribution in [-0.4, -0.2) is 11.7 Å². The Kier molecular flexibility index (Phi) is 6.39. The van der Waals surface area contributed by atoms with Crippen molar-refractivity contribution in [2.24, 2.45) is 0 Å². The van der Waals surface area contributed by atoms with Crippen LogP contribution in [0.1, 0.15) is 37.4 Å². The number of rotatable bonds is 6. The Morgan fingerprint density at radius 2 is 1.29 bits per heavy atom. The lowest BCUT2D eigenvalue weighted by Crippen LogP contribution is -2.15. The van der Waals surface area contributed by atoms with Gasteiger partial charge in [-0.3, -0.25) is 9.59 Å². The highest BCUT2D eigenvalue weighted by atomic mass is 79.9. The molecule has 4 rings (SSSR count). The molecule has 0 saturated heterocycles. The summed E-state index contributed by atoms with van der Waals surface area (Å²) in [6.45, 7) is 0. The summed E-state index contributed by atoms with van der Waals surface area (Å²) in [6, 6.07) is 32.0. The fraction of sp³-hybridized carbons (Fsp3) is 0.0370. The maximum atomic E-state index is 12.9. The van der Waals surface area contributed by atoms with Gasteiger partial charge in [-0.2, -0.15) is 0 Å². The van der Waals surface area contributed by atoms with E-state index in [0.29, 0.717) is 22.4 Å². The number of benzene rings is 4. The van der Waals surface area contributed by atoms with E-state index in [1.807, 2.05) is 60.7 Å². The molecule has 0 aliphatic carbocycles. The van der Waals surface area contributed by atoms with Crippen molar-refractivity contribution in [1.29, 1.82) is 0 Å². The van der Waals surface area contributed by atoms with Crippen molar-refractivity contribution in [3.05, 3.63) is 135 Å². The van der Waals surface area contributed by atoms with Gasteiger partial charge in [-0.15, -0.1) is 0 Å². The molecule has 152 valence electrons. The molecule has 0 spiro atoms. The summed E-state index contributed by atoms with van der Waals surface area (Å²) in [5.74, 6) is -0.395. The predicted molar refractivity (Wildman–Crippen MR) is 128 cm³/mol. The molecule has 0 heterocycles. The van der Waals surface area contributed by atoms with E-state index < -0.39 is 0 Å². The highest BCUT2D eigenvalue weighted by Gasteiger charge is 2.16. The molecule has 1 N–H and O–H groups in total. The van der Waals surface area contributed by atoms with Crippen molar-refractivity contribution in [3.8, 4) is 0 Å². The molecule has 0 fully saturated rings. The number of hydrogen-bond donors (Lipinski definition) is 1. The molecule has 0 unspecified atom stereocenters. The SMILES string of the molecule is O=C(Nc1cc(Br)ccc1C(=O)c1ccccc1)c1ccc(Cc2ccccc2)cc1. The summed E-state index contributed by atoms with van der Waals surface area (Å²) >= 11 is 3.43. The average molecular weight is 470 g/mol. The van der Waals surface area contributed by atoms with Crippen LogP contribution >= 0.6 is 15.9 Å². The zero-order chi connectivity index (χ0) is 21.6. The van der Waals surface area contributed by atoms with Gasteiger partial charge in [-0.1, -0.05) is 88.7 Å². The Balaban J connectivity index is 1.53. The smallest absolute Gasteiger partial charge is 0.255 e. The van der Waals surface area contributed by atoms with Gasteiger partial charge in [0.05, 0.1) is 5.69 Å². The van der Waals surface area contributed by atoms with E-state index in [2.05, 4.69) is 33.4 Å². The number of anilines is 1. The first-order valence-corrected chi connectivity index (χ1v) is 10.7. The lowest BCUT2D eigenvalue weighted by molar-refractivity contribution is 0.102. The van der Waals surface area contributed by atoms with Gasteiger partial charge in [-0.05, 0) is 47.9 Å². The van der Waals surface area contributed by atoms with E-state index >= 15 is 0 Å². The molecule has 4 heteroatoms. The van der Waals surface area contributed by atoms with Gasteiger partial charge in [0.1, 0.15) is 0 Å². The quantitative estimate of drug-likeness (QED) is 0.326. The van der Waals surface area contributed by atoms with Crippen LogP contribution in [0, 0.1) is 0 Å². The largest absolute Gasteiger partial charge is 0.321 e. The minimum Gasteiger partial charge on any atom is -0.321 e. The Bertz CT molecular complexity index is 1200. The Morgan fingerprint density at radius 3 is 1.97 bits per heavy atom. The molecule has 0 atom stereocenters. The van der Waals surface area contributed by atoms with Gasteiger partial charge in [0, 0.05) is 21.2 Å². The minimum absolute atomic E-state index is 0.137. The molecule has 0 aromatic heterocycles. The number of amides is 1. The maximum absolute atomic E-state index is 12.9. The van der Waals surface area contributed by atoms with E-state index in [9.17, 15) is 9.59 Å². The first kappa shape index (κ1) is 20.8. The van der Waals surface area contributed by atoms with E-state index in [1.165, 1.54) is 5.56 Å². The van der Waals surface area contributed by atoms with E-state index in [1.54, 1.807) is 30.3 Å². The second-order valence-electron chi connectivity index (χ2n) is 7.20. The molecule has 3 nitrogen and oxygen atoms in total. The average Bonchev–Trinajstić information content (AvgIpc) is 2.80. The molecule has 0 radical (unpaired) electrons. The second kappa shape index (κ2) is 9.54. The van der Waals surface area contributed by atoms with Crippen molar-refractivity contribution in [3.63, 3.8) is 0 Å². The summed E-state index contributed by atoms with van der Waals surface area (Å²) in [5.41, 5.74) is 4.38. The van der Waals surface area contributed by atoms with Gasteiger partial charge in [-0.25, -0.2) is 0 Å². The number of ketones is 1. The second-order valence-corrected chi connectivity index (χ2v) is 8.11. The molecule has 0 saturated carbocycles. The molecule has 0 aliphatic heterocycles. The molecular formula is C27H20BrNO2. The summed E-state index contributed by atoms with van der Waals surface area (Å²) in [6.07, 6.45) is 0.810. The van der Waals surface area contributed by atoms with Crippen molar-refractivity contribution in [1.82, 2.24) is 0 Å². The lowest BCUT2D eigenvalue weighted by atomic mass is 10.0. The third kappa shape index (κ3) is 5.16. The Labute approximate surface area is 189 Å². The predicted octanol–water partition coefficient (Wildman–Crippen LogP) is 6.52. The van der Waals surface area contributed by atoms with Crippen LogP contribution in [0.2, 0.25) is 0 Å². The van der Waals surface area contributed by atoms with Crippen LogP contribution < -0.4 is 5.32 Å². The zero-order valence-electron chi connectivity index (χ0n) is 16.7. The van der Waals surface area contributed by atoms with Gasteiger partial charge in [0.2, 0.25) is 0 Å². The van der Waals surface area contributed by atoms with Crippen LogP contribution in [-0.2, 0) is 6.42 Å². The Hall–Kier alpha value is -3.50. The topological polar surface area (TPSA) is 46.2 Å². The highest BCUT2D eigenvalue weighted by molar-refractivity contribution is 9.10. The fourth-order valence-corrected chi connectivity index (χ4v) is 3.72. The third-order valence-electron chi connectivity index (χ3n) is 4.98. The van der Waals surface area contributed by atoms with E-state index in [4.69, 9.17) is 0 Å². The number of nitrogens with one attached hydrogen (secondary N) is 1. The van der Waals surface area contributed by atoms with E-state index in [-0.39, 0.29) is 11.7 Å². The molecular weight excluding hydrogens is 450 g/mol. The number of carbonyl (C=O) groups is 2. The monoisotopic (exact) mass is 469 g/mol. The number of hydrogen-bond acceptors (Lipinski definition) is 2. The van der Waals surface area contributed by atoms with Crippen molar-refractivity contribution in [2.45, 2.75) is 6.42 Å². The fourth-order valence-electron chi connectivity index (χ4n) is 3.36. The van der Waals surface area contributed by atoms with Crippen LogP contribution in [0.15, 0.2) is 108 Å². The lowest BCUT2D eigenvalue weighted by Gasteiger charge is -2.12. The molecule has 1 amide bonds. The summed E-state index contributed by atoms with van der Waals surface area (Å²) in [7, 11) is 0. The van der Waals surface area contributed by atoms with Crippen molar-refractivity contribution < 1.29 is 9.59 Å². The van der Waals surface area contributed by atoms with Crippen molar-refractivity contribution >= 4 is 33.3 Å². The number of halogens is 1. The molecule has 0 aliphatic rings. The van der Waals surface area contributed by atoms with Gasteiger partial charge in [0.15, 0.2) is 5.78 Å². The Morgan fingerprint density at radius 1 is 0.677 bits per heavy atom. The van der Waals surface area contributed by atoms with Crippen LogP contribution in [0.5, 0.6) is 0 Å². The van der Waals surface area contributed by atoms with Gasteiger partial charge < -0.3 is 5.32 Å². The third-order valence-corrected chi connectivity index (χ3v) is 5.47. The standard InChI is InChI=1S/C27H20BrNO2/c28-23-15-16-24(26(30)21-9-5-2-6-10-21)25(18-23)29-27(31)22-13-11-20(12-14-22)17-19-7-3-1-4-8-19/h1-16,18H,17H2,(H,29,31). The summed E-state index contributed by atoms with van der Waals surface area (Å²) in [5, 5.41) is 2.90. The first-order chi connectivity index (χ1) is 15.1. The summed E-state index contributed by atoms with van der Waals surface area (Å²) in [4.78, 5) is 25.8. The highest BCUT2D eigenvalue weighted by Crippen LogP contribution is 2.25. The zero-order valence-corrected chi connectivity index (χ0v) is 18.3. The minimum atomic E-state index is -0.258. The molecule has 0 bridgehead atoms. The van der Waals surface area contributed by atoms with Gasteiger partial charge in [0.25, 0.3) is 5.91 Å². The first-order valence-electron chi connectivity index (χ1n) is 9.94. The van der Waals surface area contributed by atoms with Crippen molar-refractivity contribution in [2.75, 3.05) is 5.32 Å². The van der Waals surface area contributed by atoms with Crippen LogP contribution in [0.3, 0.4) is 0 Å². The van der Waals surface area contributed by atoms with E-state index in [0.717, 1.165) is 16.5 Å². The molecule has 4 aromatic rings. The molecule has 31 heavy (non-hydrogen) atoms. The summed E-state index contributed by atoms with van der Waals surface area (Å²) < 4.78 is 0.783. The van der Waals surface area contributed by atoms with Crippen LogP contribution in [0.25, 0.3) is 0 Å². The normalized spacial score (nSPS) is 10.5. The van der Waals surface area contributed by atoms with Crippen LogP contribution in [0.4, 0.5) is 5.69 Å².